The lowest BCUT2D eigenvalue weighted by Gasteiger charge is -2.16. The van der Waals surface area contributed by atoms with Gasteiger partial charge >= 0.3 is 0 Å². The van der Waals surface area contributed by atoms with Crippen LogP contribution in [0.15, 0.2) is 29.3 Å². The van der Waals surface area contributed by atoms with Crippen molar-refractivity contribution in [3.05, 3.63) is 29.8 Å². The van der Waals surface area contributed by atoms with Crippen LogP contribution < -0.4 is 20.9 Å². The SMILES string of the molecule is CCC(C)NC(=O)CCNC(=NC)NCc1ccc(N2CCCC2=O)cc1.I. The Kier molecular flexibility index (Phi) is 10.9. The predicted molar refractivity (Wildman–Crippen MR) is 124 cm³/mol. The number of hydrogen-bond acceptors (Lipinski definition) is 3. The van der Waals surface area contributed by atoms with E-state index in [0.717, 1.165) is 30.6 Å². The van der Waals surface area contributed by atoms with Crippen LogP contribution in [0.5, 0.6) is 0 Å². The number of carbonyl (C=O) groups excluding carboxylic acids is 2. The first-order chi connectivity index (χ1) is 13.0. The number of aliphatic imine (C=N–C) groups is 1. The molecule has 7 nitrogen and oxygen atoms in total. The first kappa shape index (κ1) is 24.2. The maximum absolute atomic E-state index is 11.8. The summed E-state index contributed by atoms with van der Waals surface area (Å²) in [5.41, 5.74) is 2.05. The molecule has 1 heterocycles. The van der Waals surface area contributed by atoms with Gasteiger partial charge in [0.2, 0.25) is 11.8 Å². The van der Waals surface area contributed by atoms with E-state index >= 15 is 0 Å². The summed E-state index contributed by atoms with van der Waals surface area (Å²) in [6, 6.07) is 8.20. The molecular weight excluding hydrogens is 469 g/mol. The molecule has 2 rings (SSSR count). The fraction of sp³-hybridized carbons (Fsp3) is 0.550. The molecule has 1 saturated heterocycles. The van der Waals surface area contributed by atoms with Crippen LogP contribution >= 0.6 is 24.0 Å². The Hall–Kier alpha value is -1.84. The number of nitrogens with one attached hydrogen (secondary N) is 3. The number of anilines is 1. The molecule has 0 radical (unpaired) electrons. The van der Waals surface area contributed by atoms with Crippen molar-refractivity contribution in [2.75, 3.05) is 25.0 Å². The molecule has 0 spiro atoms. The molecule has 0 aliphatic carbocycles. The largest absolute Gasteiger partial charge is 0.356 e. The topological polar surface area (TPSA) is 85.8 Å². The van der Waals surface area contributed by atoms with Crippen molar-refractivity contribution in [3.8, 4) is 0 Å². The Morgan fingerprint density at radius 1 is 1.25 bits per heavy atom. The van der Waals surface area contributed by atoms with Crippen LogP contribution in [0.1, 0.15) is 45.1 Å². The fourth-order valence-corrected chi connectivity index (χ4v) is 2.86. The van der Waals surface area contributed by atoms with Gasteiger partial charge in [0.05, 0.1) is 0 Å². The van der Waals surface area contributed by atoms with E-state index in [1.54, 1.807) is 7.05 Å². The molecular formula is C20H32IN5O2. The van der Waals surface area contributed by atoms with Gasteiger partial charge < -0.3 is 20.9 Å². The number of benzene rings is 1. The van der Waals surface area contributed by atoms with Gasteiger partial charge in [-0.3, -0.25) is 14.6 Å². The van der Waals surface area contributed by atoms with Crippen molar-refractivity contribution in [2.45, 2.75) is 52.1 Å². The van der Waals surface area contributed by atoms with Crippen LogP contribution in [-0.2, 0) is 16.1 Å². The Morgan fingerprint density at radius 3 is 2.54 bits per heavy atom. The summed E-state index contributed by atoms with van der Waals surface area (Å²) in [6.45, 7) is 5.99. The summed E-state index contributed by atoms with van der Waals surface area (Å²) in [6.07, 6.45) is 2.90. The van der Waals surface area contributed by atoms with Gasteiger partial charge in [0.15, 0.2) is 5.96 Å². The van der Waals surface area contributed by atoms with Crippen LogP contribution in [0, 0.1) is 0 Å². The van der Waals surface area contributed by atoms with E-state index in [1.165, 1.54) is 0 Å². The van der Waals surface area contributed by atoms with Gasteiger partial charge in [-0.05, 0) is 37.5 Å². The summed E-state index contributed by atoms with van der Waals surface area (Å²) in [4.78, 5) is 29.6. The molecule has 1 aromatic rings. The minimum atomic E-state index is 0. The fourth-order valence-electron chi connectivity index (χ4n) is 2.86. The van der Waals surface area contributed by atoms with Crippen molar-refractivity contribution in [2.24, 2.45) is 4.99 Å². The lowest BCUT2D eigenvalue weighted by molar-refractivity contribution is -0.121. The van der Waals surface area contributed by atoms with E-state index in [9.17, 15) is 9.59 Å². The Balaban J connectivity index is 0.00000392. The molecule has 1 aromatic carbocycles. The van der Waals surface area contributed by atoms with Gasteiger partial charge in [0, 0.05) is 51.3 Å². The van der Waals surface area contributed by atoms with Gasteiger partial charge in [-0.1, -0.05) is 19.1 Å². The zero-order valence-corrected chi connectivity index (χ0v) is 19.3. The molecule has 3 N–H and O–H groups in total. The average molecular weight is 501 g/mol. The van der Waals surface area contributed by atoms with Crippen LogP contribution in [0.25, 0.3) is 0 Å². The molecule has 1 aliphatic rings. The van der Waals surface area contributed by atoms with E-state index in [4.69, 9.17) is 0 Å². The molecule has 2 amide bonds. The van der Waals surface area contributed by atoms with Gasteiger partial charge in [-0.25, -0.2) is 0 Å². The molecule has 8 heteroatoms. The van der Waals surface area contributed by atoms with E-state index in [0.29, 0.717) is 31.9 Å². The standard InChI is InChI=1S/C20H31N5O2.HI/c1-4-15(2)24-18(26)11-12-22-20(21-3)23-14-16-7-9-17(10-8-16)25-13-5-6-19(25)27;/h7-10,15H,4-6,11-14H2,1-3H3,(H,24,26)(H2,21,22,23);1H. The summed E-state index contributed by atoms with van der Waals surface area (Å²) in [7, 11) is 1.71. The number of amides is 2. The highest BCUT2D eigenvalue weighted by atomic mass is 127. The molecule has 1 aliphatic heterocycles. The smallest absolute Gasteiger partial charge is 0.227 e. The number of guanidine groups is 1. The van der Waals surface area contributed by atoms with Gasteiger partial charge in [-0.15, -0.1) is 24.0 Å². The summed E-state index contributed by atoms with van der Waals surface area (Å²) < 4.78 is 0. The van der Waals surface area contributed by atoms with Crippen LogP contribution in [-0.4, -0.2) is 44.0 Å². The monoisotopic (exact) mass is 501 g/mol. The highest BCUT2D eigenvalue weighted by Crippen LogP contribution is 2.21. The molecule has 0 saturated carbocycles. The molecule has 28 heavy (non-hydrogen) atoms. The van der Waals surface area contributed by atoms with Crippen molar-refractivity contribution in [1.82, 2.24) is 16.0 Å². The van der Waals surface area contributed by atoms with E-state index in [2.05, 4.69) is 20.9 Å². The second-order valence-electron chi connectivity index (χ2n) is 6.79. The van der Waals surface area contributed by atoms with E-state index in [1.807, 2.05) is 43.0 Å². The number of nitrogens with zero attached hydrogens (tertiary/aromatic N) is 2. The van der Waals surface area contributed by atoms with Gasteiger partial charge in [0.25, 0.3) is 0 Å². The third-order valence-electron chi connectivity index (χ3n) is 4.67. The first-order valence-corrected chi connectivity index (χ1v) is 9.66. The minimum absolute atomic E-state index is 0. The van der Waals surface area contributed by atoms with Crippen molar-refractivity contribution >= 4 is 47.4 Å². The van der Waals surface area contributed by atoms with Crippen LogP contribution in [0.4, 0.5) is 5.69 Å². The van der Waals surface area contributed by atoms with Gasteiger partial charge in [-0.2, -0.15) is 0 Å². The van der Waals surface area contributed by atoms with Crippen LogP contribution in [0.2, 0.25) is 0 Å². The van der Waals surface area contributed by atoms with Crippen molar-refractivity contribution in [3.63, 3.8) is 0 Å². The number of rotatable bonds is 8. The second-order valence-corrected chi connectivity index (χ2v) is 6.79. The summed E-state index contributed by atoms with van der Waals surface area (Å²) in [5, 5.41) is 9.33. The molecule has 1 unspecified atom stereocenters. The minimum Gasteiger partial charge on any atom is -0.356 e. The third-order valence-corrected chi connectivity index (χ3v) is 4.67. The van der Waals surface area contributed by atoms with Crippen molar-refractivity contribution in [1.29, 1.82) is 0 Å². The summed E-state index contributed by atoms with van der Waals surface area (Å²) in [5.74, 6) is 0.896. The molecule has 0 bridgehead atoms. The maximum atomic E-state index is 11.8. The predicted octanol–water partition coefficient (Wildman–Crippen LogP) is 2.40. The summed E-state index contributed by atoms with van der Waals surface area (Å²) >= 11 is 0. The number of hydrogen-bond donors (Lipinski definition) is 3. The van der Waals surface area contributed by atoms with Gasteiger partial charge in [0.1, 0.15) is 0 Å². The Morgan fingerprint density at radius 2 is 1.96 bits per heavy atom. The quantitative estimate of drug-likeness (QED) is 0.290. The van der Waals surface area contributed by atoms with E-state index < -0.39 is 0 Å². The first-order valence-electron chi connectivity index (χ1n) is 9.66. The Labute approximate surface area is 184 Å². The zero-order valence-electron chi connectivity index (χ0n) is 17.0. The molecule has 156 valence electrons. The van der Waals surface area contributed by atoms with Crippen molar-refractivity contribution < 1.29 is 9.59 Å². The molecule has 1 fully saturated rings. The average Bonchev–Trinajstić information content (AvgIpc) is 3.10. The molecule has 0 aromatic heterocycles. The zero-order chi connectivity index (χ0) is 19.6. The lowest BCUT2D eigenvalue weighted by Crippen LogP contribution is -2.40. The number of halogens is 1. The highest BCUT2D eigenvalue weighted by Gasteiger charge is 2.21. The Bertz CT molecular complexity index is 663. The second kappa shape index (κ2) is 12.6. The van der Waals surface area contributed by atoms with Crippen LogP contribution in [0.3, 0.4) is 0 Å². The highest BCUT2D eigenvalue weighted by molar-refractivity contribution is 14.0. The normalized spacial score (nSPS) is 15.0. The lowest BCUT2D eigenvalue weighted by atomic mass is 10.2. The number of carbonyl (C=O) groups is 2. The maximum Gasteiger partial charge on any atom is 0.227 e. The van der Waals surface area contributed by atoms with E-state index in [-0.39, 0.29) is 41.8 Å². The molecule has 1 atom stereocenters. The third kappa shape index (κ3) is 7.65.